The van der Waals surface area contributed by atoms with Gasteiger partial charge in [-0.15, -0.1) is 0 Å². The Balaban J connectivity index is 0.000000291. The fourth-order valence-corrected chi connectivity index (χ4v) is 24.2. The van der Waals surface area contributed by atoms with Crippen molar-refractivity contribution in [2.24, 2.45) is 0 Å². The van der Waals surface area contributed by atoms with Crippen LogP contribution in [0.15, 0.2) is 120 Å². The van der Waals surface area contributed by atoms with Crippen LogP contribution in [0.5, 0.6) is 0 Å². The van der Waals surface area contributed by atoms with Crippen molar-refractivity contribution in [3.63, 3.8) is 0 Å². The first-order chi connectivity index (χ1) is 33.3. The molecular formula is C63H92Cl2O2Si4Zr. The normalized spacial score (nSPS) is 19.7. The maximum absolute atomic E-state index is 6.63. The molecule has 0 saturated heterocycles. The predicted molar refractivity (Wildman–Crippen MR) is 330 cm³/mol. The first kappa shape index (κ1) is 62.6. The molecule has 9 heteroatoms. The zero-order chi connectivity index (χ0) is 50.7. The predicted octanol–water partition coefficient (Wildman–Crippen LogP) is 19.0. The first-order valence-electron chi connectivity index (χ1n) is 26.7. The number of ether oxygens (including phenoxy) is 2. The third-order valence-corrected chi connectivity index (χ3v) is 28.3. The molecule has 0 aliphatic heterocycles. The number of halogens is 2. The summed E-state index contributed by atoms with van der Waals surface area (Å²) in [6.45, 7) is 29.3. The molecule has 6 atom stereocenters. The Hall–Kier alpha value is -1.91. The van der Waals surface area contributed by atoms with Gasteiger partial charge in [0.15, 0.2) is 0 Å². The van der Waals surface area contributed by atoms with Crippen LogP contribution < -0.4 is 0 Å². The average molecular weight is 1160 g/mol. The molecule has 8 rings (SSSR count). The Kier molecular flexibility index (Phi) is 24.8. The van der Waals surface area contributed by atoms with E-state index in [-0.39, 0.29) is 26.1 Å². The topological polar surface area (TPSA) is 18.5 Å². The van der Waals surface area contributed by atoms with Gasteiger partial charge in [0.05, 0.1) is 19.3 Å². The van der Waals surface area contributed by atoms with Crippen LogP contribution in [-0.2, 0) is 30.3 Å². The minimum atomic E-state index is -1.99. The SMILES string of the molecule is C[SiH](C)CCC1=Cc2ccccc2C1[Si](C)(CCCCCCOC(C)(C)C)C1C=Cc2ccccc21.C[SiH](C)CCC1=Cc2ccccc2C1[Si](C)(COC(C)(C)C)C1C=Cc2ccccc21.[CH3-].[CH3-].[Cl][Zr+2][Cl]. The van der Waals surface area contributed by atoms with E-state index in [0.717, 1.165) is 12.8 Å². The second-order valence-electron chi connectivity index (χ2n) is 24.0. The van der Waals surface area contributed by atoms with Crippen LogP contribution in [0.2, 0.25) is 57.4 Å². The Labute approximate surface area is 464 Å². The van der Waals surface area contributed by atoms with Gasteiger partial charge in [0.2, 0.25) is 0 Å². The summed E-state index contributed by atoms with van der Waals surface area (Å²) >= 11 is -0.826. The molecule has 4 aromatic carbocycles. The van der Waals surface area contributed by atoms with E-state index in [1.54, 1.807) is 27.8 Å². The van der Waals surface area contributed by atoms with Crippen LogP contribution in [-0.4, -0.2) is 57.8 Å². The molecule has 0 N–H and O–H groups in total. The van der Waals surface area contributed by atoms with E-state index in [0.29, 0.717) is 22.2 Å². The summed E-state index contributed by atoms with van der Waals surface area (Å²) in [7, 11) is 4.90. The van der Waals surface area contributed by atoms with Crippen LogP contribution in [0.4, 0.5) is 0 Å². The molecule has 0 saturated carbocycles. The molecule has 6 unspecified atom stereocenters. The van der Waals surface area contributed by atoms with Crippen molar-refractivity contribution >= 4 is 75.1 Å². The molecule has 0 spiro atoms. The summed E-state index contributed by atoms with van der Waals surface area (Å²) < 4.78 is 12.6. The summed E-state index contributed by atoms with van der Waals surface area (Å²) in [6, 6.07) is 40.9. The average Bonchev–Trinajstić information content (AvgIpc) is 4.12. The molecule has 4 aromatic rings. The summed E-state index contributed by atoms with van der Waals surface area (Å²) in [5.74, 6) is 0. The monoisotopic (exact) mass is 1150 g/mol. The van der Waals surface area contributed by atoms with Crippen molar-refractivity contribution in [3.05, 3.63) is 180 Å². The van der Waals surface area contributed by atoms with Gasteiger partial charge in [0, 0.05) is 47.1 Å². The third-order valence-electron chi connectivity index (χ3n) is 15.4. The Bertz CT molecular complexity index is 2450. The van der Waals surface area contributed by atoms with Crippen LogP contribution in [0.3, 0.4) is 0 Å². The number of fused-ring (bicyclic) bond motifs is 4. The molecule has 0 fully saturated rings. The number of hydrogen-bond acceptors (Lipinski definition) is 2. The van der Waals surface area contributed by atoms with Gasteiger partial charge in [-0.25, -0.2) is 0 Å². The maximum atomic E-state index is 6.63. The Morgan fingerprint density at radius 3 is 1.32 bits per heavy atom. The van der Waals surface area contributed by atoms with Crippen molar-refractivity contribution in [1.82, 2.24) is 0 Å². The summed E-state index contributed by atoms with van der Waals surface area (Å²) in [6.07, 6.45) is 23.5. The van der Waals surface area contributed by atoms with Crippen LogP contribution in [0.1, 0.15) is 147 Å². The van der Waals surface area contributed by atoms with E-state index >= 15 is 0 Å². The van der Waals surface area contributed by atoms with Crippen molar-refractivity contribution < 1.29 is 30.3 Å². The molecule has 0 aromatic heterocycles. The molecule has 0 amide bonds. The molecule has 2 nitrogen and oxygen atoms in total. The van der Waals surface area contributed by atoms with Crippen molar-refractivity contribution in [2.45, 2.75) is 171 Å². The van der Waals surface area contributed by atoms with Gasteiger partial charge in [0.25, 0.3) is 0 Å². The number of benzene rings is 4. The van der Waals surface area contributed by atoms with Crippen molar-refractivity contribution in [2.75, 3.05) is 12.8 Å². The zero-order valence-electron chi connectivity index (χ0n) is 47.0. The zero-order valence-corrected chi connectivity index (χ0v) is 55.3. The van der Waals surface area contributed by atoms with Gasteiger partial charge in [-0.3, -0.25) is 0 Å². The van der Waals surface area contributed by atoms with Crippen LogP contribution >= 0.6 is 17.0 Å². The number of allylic oxidation sites excluding steroid dienone is 4. The molecule has 0 heterocycles. The Morgan fingerprint density at radius 1 is 0.514 bits per heavy atom. The molecule has 390 valence electrons. The first-order valence-corrected chi connectivity index (χ1v) is 45.0. The van der Waals surface area contributed by atoms with E-state index < -0.39 is 54.6 Å². The van der Waals surface area contributed by atoms with E-state index in [1.165, 1.54) is 84.5 Å². The molecular weight excluding hydrogens is 1060 g/mol. The van der Waals surface area contributed by atoms with Gasteiger partial charge in [-0.2, -0.15) is 0 Å². The van der Waals surface area contributed by atoms with E-state index in [9.17, 15) is 0 Å². The van der Waals surface area contributed by atoms with Gasteiger partial charge >= 0.3 is 37.9 Å². The fourth-order valence-electron chi connectivity index (χ4n) is 11.9. The summed E-state index contributed by atoms with van der Waals surface area (Å²) in [4.78, 5) is 0. The number of hydrogen-bond donors (Lipinski definition) is 0. The number of rotatable bonds is 19. The van der Waals surface area contributed by atoms with Crippen LogP contribution in [0.25, 0.3) is 24.3 Å². The molecule has 0 radical (unpaired) electrons. The summed E-state index contributed by atoms with van der Waals surface area (Å²) in [5.41, 5.74) is 17.6. The fraction of sp³-hybridized carbons (Fsp3) is 0.460. The van der Waals surface area contributed by atoms with Gasteiger partial charge in [-0.1, -0.05) is 221 Å². The molecule has 72 heavy (non-hydrogen) atoms. The Morgan fingerprint density at radius 2 is 0.889 bits per heavy atom. The van der Waals surface area contributed by atoms with Crippen LogP contribution in [0, 0.1) is 14.9 Å². The third kappa shape index (κ3) is 16.3. The second-order valence-corrected chi connectivity index (χ2v) is 43.6. The quantitative estimate of drug-likeness (QED) is 0.0529. The van der Waals surface area contributed by atoms with Gasteiger partial charge in [-0.05, 0) is 111 Å². The number of unbranched alkanes of at least 4 members (excludes halogenated alkanes) is 3. The standard InChI is InChI=1S/C33H48OSi2.C28H38OSi2.2CH3.2ClH.Zr/c1-33(2,3)34-22-13-7-8-14-24-36(6,31-20-19-26-15-9-11-17-29(26)31)32-28(21-23-35(4)5)25-27-16-10-12-18-30(27)32;1-28(2,3)29-20-31(6,26-16-15-21-11-7-9-13-24(21)26)27-23(17-18-30(4)5)19-22-12-8-10-14-25(22)27;;;;;/h9-12,15-20,25,31-32,35H,7-8,13-14,21-24H2,1-6H3;7-16,19,26-27,30H,17-18,20H2,1-6H3;2*1H3;2*1H;/q;;2*-1;;;+4/p-2. The second kappa shape index (κ2) is 28.5. The van der Waals surface area contributed by atoms with E-state index in [4.69, 9.17) is 26.5 Å². The van der Waals surface area contributed by atoms with Crippen molar-refractivity contribution in [1.29, 1.82) is 0 Å². The molecule has 4 aliphatic carbocycles. The van der Waals surface area contributed by atoms with E-state index in [1.807, 2.05) is 0 Å². The van der Waals surface area contributed by atoms with Gasteiger partial charge in [0.1, 0.15) is 8.07 Å². The van der Waals surface area contributed by atoms with E-state index in [2.05, 4.69) is 214 Å². The molecule has 0 bridgehead atoms. The minimum absolute atomic E-state index is 0. The van der Waals surface area contributed by atoms with Gasteiger partial charge < -0.3 is 24.3 Å². The van der Waals surface area contributed by atoms with Crippen molar-refractivity contribution in [3.8, 4) is 0 Å². The molecule has 4 aliphatic rings. The summed E-state index contributed by atoms with van der Waals surface area (Å²) in [5, 5.41) is 0.